The van der Waals surface area contributed by atoms with E-state index in [1.807, 2.05) is 14.1 Å². The van der Waals surface area contributed by atoms with Crippen LogP contribution in [0.3, 0.4) is 0 Å². The Balaban J connectivity index is 0.000000583. The Bertz CT molecular complexity index is 108. The van der Waals surface area contributed by atoms with Crippen LogP contribution in [-0.4, -0.2) is 14.1 Å². The van der Waals surface area contributed by atoms with Crippen LogP contribution >= 0.6 is 0 Å². The van der Waals surface area contributed by atoms with E-state index in [0.29, 0.717) is 0 Å². The van der Waals surface area contributed by atoms with Crippen molar-refractivity contribution in [2.24, 2.45) is 35.5 Å². The van der Waals surface area contributed by atoms with Crippen LogP contribution in [0.25, 0.3) is 0 Å². The van der Waals surface area contributed by atoms with E-state index in [0.717, 1.165) is 35.5 Å². The molecule has 0 aromatic heterocycles. The normalized spacial score (nSPS) is 45.6. The smallest absolute Gasteiger partial charge is 0.0167 e. The minimum Gasteiger partial charge on any atom is -0.323 e. The van der Waals surface area contributed by atoms with Crippen LogP contribution < -0.4 is 5.32 Å². The van der Waals surface area contributed by atoms with Gasteiger partial charge in [-0.3, -0.25) is 0 Å². The zero-order valence-electron chi connectivity index (χ0n) is 12.0. The van der Waals surface area contributed by atoms with E-state index in [-0.39, 0.29) is 0 Å². The Kier molecular flexibility index (Phi) is 6.51. The molecule has 0 aromatic rings. The van der Waals surface area contributed by atoms with Gasteiger partial charge in [-0.05, 0) is 49.6 Å². The summed E-state index contributed by atoms with van der Waals surface area (Å²) in [7, 11) is 3.75. The lowest BCUT2D eigenvalue weighted by atomic mass is 9.60. The van der Waals surface area contributed by atoms with Crippen LogP contribution in [0, 0.1) is 35.5 Å². The van der Waals surface area contributed by atoms with Gasteiger partial charge in [0.05, 0.1) is 0 Å². The van der Waals surface area contributed by atoms with Gasteiger partial charge in [-0.25, -0.2) is 0 Å². The molecule has 1 heteroatoms. The van der Waals surface area contributed by atoms with Gasteiger partial charge in [0.1, 0.15) is 0 Å². The number of hydrogen-bond acceptors (Lipinski definition) is 1. The molecule has 0 spiro atoms. The molecule has 0 amide bonds. The molecule has 0 heterocycles. The predicted molar refractivity (Wildman–Crippen MR) is 70.0 cm³/mol. The summed E-state index contributed by atoms with van der Waals surface area (Å²) in [5.74, 6) is 5.45. The summed E-state index contributed by atoms with van der Waals surface area (Å²) in [6.45, 7) is 14.5. The first-order valence-corrected chi connectivity index (χ1v) is 6.46. The molecule has 0 unspecified atom stereocenters. The highest BCUT2D eigenvalue weighted by atomic mass is 14.7. The Hall–Kier alpha value is -0.0400. The molecule has 1 N–H and O–H groups in total. The summed E-state index contributed by atoms with van der Waals surface area (Å²) in [5, 5.41) is 2.75. The van der Waals surface area contributed by atoms with E-state index >= 15 is 0 Å². The first kappa shape index (κ1) is 15.0. The van der Waals surface area contributed by atoms with Crippen LogP contribution in [0.15, 0.2) is 0 Å². The average molecular weight is 213 g/mol. The molecular formula is C14H31N. The fraction of sp³-hybridized carbons (Fsp3) is 1.00. The SMILES string of the molecule is CC1C(C)C(C)C(C)C(C)C1C.CNC. The van der Waals surface area contributed by atoms with Crippen molar-refractivity contribution in [3.8, 4) is 0 Å². The van der Waals surface area contributed by atoms with Crippen LogP contribution in [0.5, 0.6) is 0 Å². The van der Waals surface area contributed by atoms with Gasteiger partial charge in [-0.1, -0.05) is 41.5 Å². The largest absolute Gasteiger partial charge is 0.323 e. The number of nitrogens with one attached hydrogen (secondary N) is 1. The van der Waals surface area contributed by atoms with Gasteiger partial charge < -0.3 is 5.32 Å². The van der Waals surface area contributed by atoms with Gasteiger partial charge in [0.15, 0.2) is 0 Å². The van der Waals surface area contributed by atoms with Crippen LogP contribution in [0.2, 0.25) is 0 Å². The molecule has 0 bridgehead atoms. The minimum absolute atomic E-state index is 0.909. The van der Waals surface area contributed by atoms with E-state index in [9.17, 15) is 0 Å². The van der Waals surface area contributed by atoms with E-state index in [4.69, 9.17) is 0 Å². The van der Waals surface area contributed by atoms with Crippen molar-refractivity contribution in [3.05, 3.63) is 0 Å². The zero-order chi connectivity index (χ0) is 12.2. The fourth-order valence-corrected chi connectivity index (χ4v) is 2.87. The van der Waals surface area contributed by atoms with Gasteiger partial charge in [-0.15, -0.1) is 0 Å². The predicted octanol–water partition coefficient (Wildman–Crippen LogP) is 3.65. The maximum atomic E-state index is 2.75. The lowest BCUT2D eigenvalue weighted by Crippen LogP contribution is -2.39. The van der Waals surface area contributed by atoms with E-state index in [1.54, 1.807) is 0 Å². The summed E-state index contributed by atoms with van der Waals surface area (Å²) < 4.78 is 0. The van der Waals surface area contributed by atoms with Crippen molar-refractivity contribution >= 4 is 0 Å². The first-order valence-electron chi connectivity index (χ1n) is 6.46. The van der Waals surface area contributed by atoms with Crippen molar-refractivity contribution in [2.45, 2.75) is 41.5 Å². The third kappa shape index (κ3) is 3.48. The summed E-state index contributed by atoms with van der Waals surface area (Å²) in [5.41, 5.74) is 0. The summed E-state index contributed by atoms with van der Waals surface area (Å²) in [6.07, 6.45) is 0. The topological polar surface area (TPSA) is 12.0 Å². The second-order valence-corrected chi connectivity index (χ2v) is 5.65. The molecule has 0 aliphatic heterocycles. The second-order valence-electron chi connectivity index (χ2n) is 5.65. The van der Waals surface area contributed by atoms with Crippen LogP contribution in [-0.2, 0) is 0 Å². The van der Waals surface area contributed by atoms with Crippen molar-refractivity contribution in [3.63, 3.8) is 0 Å². The van der Waals surface area contributed by atoms with E-state index < -0.39 is 0 Å². The lowest BCUT2D eigenvalue weighted by Gasteiger charge is -2.45. The summed E-state index contributed by atoms with van der Waals surface area (Å²) in [4.78, 5) is 0. The highest BCUT2D eigenvalue weighted by Crippen LogP contribution is 2.44. The van der Waals surface area contributed by atoms with Crippen molar-refractivity contribution in [1.29, 1.82) is 0 Å². The Morgan fingerprint density at radius 1 is 0.467 bits per heavy atom. The van der Waals surface area contributed by atoms with Gasteiger partial charge >= 0.3 is 0 Å². The fourth-order valence-electron chi connectivity index (χ4n) is 2.87. The monoisotopic (exact) mass is 213 g/mol. The third-order valence-electron chi connectivity index (χ3n) is 4.98. The molecule has 1 aliphatic carbocycles. The molecule has 1 aliphatic rings. The number of hydrogen-bond donors (Lipinski definition) is 1. The maximum absolute atomic E-state index is 2.75. The van der Waals surface area contributed by atoms with Gasteiger partial charge in [0, 0.05) is 0 Å². The van der Waals surface area contributed by atoms with Crippen molar-refractivity contribution in [1.82, 2.24) is 5.32 Å². The van der Waals surface area contributed by atoms with Gasteiger partial charge in [-0.2, -0.15) is 0 Å². The average Bonchev–Trinajstić information content (AvgIpc) is 2.22. The Labute approximate surface area is 97.0 Å². The summed E-state index contributed by atoms with van der Waals surface area (Å²) in [6, 6.07) is 0. The standard InChI is InChI=1S/C12H24.C2H7N/c1-7-8(2)10(4)12(6)11(5)9(7)3;1-3-2/h7-12H,1-6H3;3H,1-2H3. The molecule has 1 rings (SSSR count). The molecule has 1 fully saturated rings. The molecule has 0 atom stereocenters. The van der Waals surface area contributed by atoms with Crippen molar-refractivity contribution < 1.29 is 0 Å². The summed E-state index contributed by atoms with van der Waals surface area (Å²) >= 11 is 0. The molecule has 1 saturated carbocycles. The molecule has 92 valence electrons. The highest BCUT2D eigenvalue weighted by molar-refractivity contribution is 4.86. The highest BCUT2D eigenvalue weighted by Gasteiger charge is 2.38. The molecular weight excluding hydrogens is 182 g/mol. The molecule has 1 nitrogen and oxygen atoms in total. The van der Waals surface area contributed by atoms with Crippen LogP contribution in [0.1, 0.15) is 41.5 Å². The number of rotatable bonds is 0. The lowest BCUT2D eigenvalue weighted by molar-refractivity contribution is 0.0302. The maximum Gasteiger partial charge on any atom is -0.0167 e. The minimum atomic E-state index is 0.909. The Morgan fingerprint density at radius 2 is 0.533 bits per heavy atom. The molecule has 0 aromatic carbocycles. The first-order chi connectivity index (χ1) is 6.88. The van der Waals surface area contributed by atoms with Crippen molar-refractivity contribution in [2.75, 3.05) is 14.1 Å². The zero-order valence-corrected chi connectivity index (χ0v) is 12.0. The van der Waals surface area contributed by atoms with Gasteiger partial charge in [0.25, 0.3) is 0 Å². The van der Waals surface area contributed by atoms with Crippen LogP contribution in [0.4, 0.5) is 0 Å². The quantitative estimate of drug-likeness (QED) is 0.647. The van der Waals surface area contributed by atoms with E-state index in [1.165, 1.54) is 0 Å². The third-order valence-corrected chi connectivity index (χ3v) is 4.98. The van der Waals surface area contributed by atoms with E-state index in [2.05, 4.69) is 46.9 Å². The molecule has 0 radical (unpaired) electrons. The molecule has 15 heavy (non-hydrogen) atoms. The second kappa shape index (κ2) is 6.52. The molecule has 0 saturated heterocycles. The Morgan fingerprint density at radius 3 is 0.600 bits per heavy atom. The van der Waals surface area contributed by atoms with Gasteiger partial charge in [0.2, 0.25) is 0 Å².